The minimum absolute atomic E-state index is 0.0791. The molecule has 2 amide bonds. The van der Waals surface area contributed by atoms with Gasteiger partial charge in [-0.15, -0.1) is 0 Å². The van der Waals surface area contributed by atoms with Crippen LogP contribution in [0.25, 0.3) is 0 Å². The summed E-state index contributed by atoms with van der Waals surface area (Å²) in [7, 11) is -3.01. The summed E-state index contributed by atoms with van der Waals surface area (Å²) in [4.78, 5) is 25.2. The smallest absolute Gasteiger partial charge is 0.245 e. The average Bonchev–Trinajstić information content (AvgIpc) is 2.40. The molecule has 1 rings (SSSR count). The van der Waals surface area contributed by atoms with E-state index in [0.29, 0.717) is 13.0 Å². The Balaban J connectivity index is 2.64. The van der Waals surface area contributed by atoms with Crippen LogP contribution in [0.5, 0.6) is 0 Å². The predicted molar refractivity (Wildman–Crippen MR) is 72.3 cm³/mol. The molecule has 2 unspecified atom stereocenters. The van der Waals surface area contributed by atoms with Crippen molar-refractivity contribution in [3.63, 3.8) is 0 Å². The lowest BCUT2D eigenvalue weighted by atomic mass is 10.2. The van der Waals surface area contributed by atoms with Gasteiger partial charge in [0.2, 0.25) is 11.8 Å². The fraction of sp³-hybridized carbons (Fsp3) is 0.833. The first-order valence-corrected chi connectivity index (χ1v) is 8.39. The van der Waals surface area contributed by atoms with Gasteiger partial charge >= 0.3 is 0 Å². The van der Waals surface area contributed by atoms with Crippen LogP contribution in [0.1, 0.15) is 33.6 Å². The largest absolute Gasteiger partial charge is 0.345 e. The van der Waals surface area contributed by atoms with E-state index in [1.165, 1.54) is 0 Å². The predicted octanol–water partition coefficient (Wildman–Crippen LogP) is -0.0633. The fourth-order valence-corrected chi connectivity index (χ4v) is 2.99. The molecular formula is C12H22N2O4S. The second-order valence-corrected chi connectivity index (χ2v) is 7.44. The molecule has 1 saturated heterocycles. The van der Waals surface area contributed by atoms with Crippen molar-refractivity contribution < 1.29 is 18.0 Å². The number of nitrogens with zero attached hydrogens (tertiary/aromatic N) is 1. The second-order valence-electron chi connectivity index (χ2n) is 4.96. The first-order chi connectivity index (χ1) is 8.76. The van der Waals surface area contributed by atoms with Gasteiger partial charge in [0.05, 0.1) is 5.75 Å². The number of sulfone groups is 1. The van der Waals surface area contributed by atoms with Crippen LogP contribution in [-0.4, -0.2) is 55.3 Å². The van der Waals surface area contributed by atoms with Crippen LogP contribution in [0, 0.1) is 0 Å². The molecule has 0 aliphatic carbocycles. The van der Waals surface area contributed by atoms with Crippen molar-refractivity contribution in [1.29, 1.82) is 0 Å². The van der Waals surface area contributed by atoms with Crippen LogP contribution in [0.3, 0.4) is 0 Å². The van der Waals surface area contributed by atoms with Gasteiger partial charge in [0.15, 0.2) is 0 Å². The number of carbonyl (C=O) groups excluding carboxylic acids is 2. The van der Waals surface area contributed by atoms with Crippen LogP contribution >= 0.6 is 0 Å². The third kappa shape index (κ3) is 4.49. The number of carbonyl (C=O) groups is 2. The highest BCUT2D eigenvalue weighted by molar-refractivity contribution is 7.91. The maximum Gasteiger partial charge on any atom is 0.245 e. The minimum atomic E-state index is -3.01. The first-order valence-electron chi connectivity index (χ1n) is 6.57. The molecule has 0 bridgehead atoms. The zero-order chi connectivity index (χ0) is 14.6. The van der Waals surface area contributed by atoms with Crippen LogP contribution in [0.4, 0.5) is 0 Å². The van der Waals surface area contributed by atoms with Gasteiger partial charge in [-0.1, -0.05) is 6.92 Å². The molecule has 0 radical (unpaired) electrons. The zero-order valence-corrected chi connectivity index (χ0v) is 12.5. The van der Waals surface area contributed by atoms with Crippen LogP contribution < -0.4 is 5.32 Å². The van der Waals surface area contributed by atoms with Crippen molar-refractivity contribution in [2.75, 3.05) is 18.1 Å². The summed E-state index contributed by atoms with van der Waals surface area (Å²) in [6.45, 7) is 5.44. The van der Waals surface area contributed by atoms with Gasteiger partial charge < -0.3 is 10.2 Å². The Morgan fingerprint density at radius 2 is 1.95 bits per heavy atom. The Morgan fingerprint density at radius 1 is 1.32 bits per heavy atom. The number of hydrogen-bond acceptors (Lipinski definition) is 4. The summed E-state index contributed by atoms with van der Waals surface area (Å²) < 4.78 is 22.8. The first kappa shape index (κ1) is 15.9. The molecule has 0 aromatic heterocycles. The van der Waals surface area contributed by atoms with E-state index in [4.69, 9.17) is 0 Å². The van der Waals surface area contributed by atoms with E-state index in [9.17, 15) is 18.0 Å². The van der Waals surface area contributed by atoms with Crippen molar-refractivity contribution >= 4 is 21.7 Å². The van der Waals surface area contributed by atoms with Gasteiger partial charge in [0.1, 0.15) is 15.9 Å². The molecule has 0 saturated carbocycles. The fourth-order valence-electron chi connectivity index (χ4n) is 2.14. The van der Waals surface area contributed by atoms with Gasteiger partial charge in [-0.25, -0.2) is 8.42 Å². The Bertz CT molecular complexity index is 447. The molecule has 0 aromatic carbocycles. The molecule has 110 valence electrons. The van der Waals surface area contributed by atoms with Crippen molar-refractivity contribution in [3.8, 4) is 0 Å². The molecule has 0 aromatic rings. The minimum Gasteiger partial charge on any atom is -0.345 e. The Labute approximate surface area is 114 Å². The van der Waals surface area contributed by atoms with Crippen molar-refractivity contribution in [2.24, 2.45) is 0 Å². The van der Waals surface area contributed by atoms with E-state index in [-0.39, 0.29) is 35.8 Å². The second kappa shape index (κ2) is 6.36. The third-order valence-electron chi connectivity index (χ3n) is 3.34. The van der Waals surface area contributed by atoms with Gasteiger partial charge in [-0.05, 0) is 20.3 Å². The summed E-state index contributed by atoms with van der Waals surface area (Å²) in [6, 6.07) is -0.734. The van der Waals surface area contributed by atoms with Crippen LogP contribution in [-0.2, 0) is 19.4 Å². The molecule has 1 heterocycles. The van der Waals surface area contributed by atoms with Crippen LogP contribution in [0.2, 0.25) is 0 Å². The monoisotopic (exact) mass is 290 g/mol. The molecule has 19 heavy (non-hydrogen) atoms. The molecule has 1 aliphatic heterocycles. The molecule has 2 atom stereocenters. The number of rotatable bonds is 5. The maximum atomic E-state index is 12.1. The number of amides is 2. The summed E-state index contributed by atoms with van der Waals surface area (Å²) in [5.41, 5.74) is 0. The zero-order valence-electron chi connectivity index (χ0n) is 11.7. The SMILES string of the molecule is CCS(=O)(=O)CCCN1C(=O)C(C)NC(=O)CC1C. The molecule has 7 heteroatoms. The highest BCUT2D eigenvalue weighted by Crippen LogP contribution is 2.12. The lowest BCUT2D eigenvalue weighted by molar-refractivity contribution is -0.134. The van der Waals surface area contributed by atoms with E-state index in [1.807, 2.05) is 6.92 Å². The maximum absolute atomic E-state index is 12.1. The van der Waals surface area contributed by atoms with E-state index in [0.717, 1.165) is 0 Å². The van der Waals surface area contributed by atoms with Gasteiger partial charge in [-0.2, -0.15) is 0 Å². The van der Waals surface area contributed by atoms with Crippen LogP contribution in [0.15, 0.2) is 0 Å². The standard InChI is InChI=1S/C12H22N2O4S/c1-4-19(17,18)7-5-6-14-9(2)8-11(15)13-10(3)12(14)16/h9-10H,4-8H2,1-3H3,(H,13,15). The third-order valence-corrected chi connectivity index (χ3v) is 5.13. The molecule has 6 nitrogen and oxygen atoms in total. The van der Waals surface area contributed by atoms with E-state index in [2.05, 4.69) is 5.32 Å². The Morgan fingerprint density at radius 3 is 2.53 bits per heavy atom. The van der Waals surface area contributed by atoms with Gasteiger partial charge in [0, 0.05) is 24.8 Å². The topological polar surface area (TPSA) is 83.6 Å². The van der Waals surface area contributed by atoms with E-state index >= 15 is 0 Å². The highest BCUT2D eigenvalue weighted by atomic mass is 32.2. The normalized spacial score (nSPS) is 25.1. The number of hydrogen-bond donors (Lipinski definition) is 1. The number of nitrogens with one attached hydrogen (secondary N) is 1. The molecule has 0 spiro atoms. The molecule has 1 aliphatic rings. The average molecular weight is 290 g/mol. The molecule has 1 N–H and O–H groups in total. The lowest BCUT2D eigenvalue weighted by Crippen LogP contribution is -2.45. The Kier molecular flexibility index (Phi) is 5.34. The molecule has 1 fully saturated rings. The van der Waals surface area contributed by atoms with Crippen molar-refractivity contribution in [1.82, 2.24) is 10.2 Å². The Hall–Kier alpha value is -1.11. The lowest BCUT2D eigenvalue weighted by Gasteiger charge is -2.27. The van der Waals surface area contributed by atoms with Crippen molar-refractivity contribution in [2.45, 2.75) is 45.7 Å². The van der Waals surface area contributed by atoms with Crippen molar-refractivity contribution in [3.05, 3.63) is 0 Å². The summed E-state index contributed by atoms with van der Waals surface area (Å²) in [6.07, 6.45) is 0.670. The van der Waals surface area contributed by atoms with Gasteiger partial charge in [0.25, 0.3) is 0 Å². The quantitative estimate of drug-likeness (QED) is 0.768. The highest BCUT2D eigenvalue weighted by Gasteiger charge is 2.31. The summed E-state index contributed by atoms with van der Waals surface area (Å²) >= 11 is 0. The van der Waals surface area contributed by atoms with E-state index < -0.39 is 15.9 Å². The molecular weight excluding hydrogens is 268 g/mol. The van der Waals surface area contributed by atoms with Gasteiger partial charge in [-0.3, -0.25) is 9.59 Å². The summed E-state index contributed by atoms with van der Waals surface area (Å²) in [5, 5.41) is 2.62. The summed E-state index contributed by atoms with van der Waals surface area (Å²) in [5.74, 6) is -0.0906. The van der Waals surface area contributed by atoms with E-state index in [1.54, 1.807) is 18.7 Å².